The molecule has 0 aromatic heterocycles. The molecule has 1 amide bonds. The van der Waals surface area contributed by atoms with E-state index >= 15 is 0 Å². The first-order valence-electron chi connectivity index (χ1n) is 6.37. The molecule has 0 atom stereocenters. The van der Waals surface area contributed by atoms with E-state index in [2.05, 4.69) is 5.32 Å². The van der Waals surface area contributed by atoms with E-state index < -0.39 is 0 Å². The molecule has 100 valence electrons. The predicted molar refractivity (Wildman–Crippen MR) is 77.8 cm³/mol. The Hall–Kier alpha value is -2.62. The second kappa shape index (κ2) is 4.49. The summed E-state index contributed by atoms with van der Waals surface area (Å²) in [6.45, 7) is 1.90. The third-order valence-corrected chi connectivity index (χ3v) is 3.35. The number of nitrogens with two attached hydrogens (primary N) is 1. The van der Waals surface area contributed by atoms with Gasteiger partial charge < -0.3 is 11.1 Å². The molecule has 2 aromatic carbocycles. The highest BCUT2D eigenvalue weighted by atomic mass is 16.1. The largest absolute Gasteiger partial charge is 0.399 e. The number of benzene rings is 2. The molecule has 1 aliphatic heterocycles. The van der Waals surface area contributed by atoms with Crippen LogP contribution in [0.5, 0.6) is 0 Å². The first-order valence-corrected chi connectivity index (χ1v) is 6.37. The lowest BCUT2D eigenvalue weighted by Gasteiger charge is -2.06. The van der Waals surface area contributed by atoms with E-state index in [0.29, 0.717) is 23.2 Å². The summed E-state index contributed by atoms with van der Waals surface area (Å²) < 4.78 is 0. The second-order valence-corrected chi connectivity index (χ2v) is 5.06. The number of fused-ring (bicyclic) bond motifs is 1. The van der Waals surface area contributed by atoms with Gasteiger partial charge in [-0.2, -0.15) is 0 Å². The minimum absolute atomic E-state index is 0.0376. The van der Waals surface area contributed by atoms with Gasteiger partial charge in [0, 0.05) is 22.5 Å². The molecular formula is C16H14N2O2. The van der Waals surface area contributed by atoms with Crippen LogP contribution in [0.25, 0.3) is 0 Å². The lowest BCUT2D eigenvalue weighted by molar-refractivity contribution is -0.115. The molecule has 1 aliphatic rings. The normalized spacial score (nSPS) is 12.9. The molecule has 4 heteroatoms. The first-order chi connectivity index (χ1) is 9.52. The average Bonchev–Trinajstić information content (AvgIpc) is 2.75. The summed E-state index contributed by atoms with van der Waals surface area (Å²) in [5, 5.41) is 2.75. The van der Waals surface area contributed by atoms with Crippen LogP contribution in [-0.4, -0.2) is 11.7 Å². The van der Waals surface area contributed by atoms with Gasteiger partial charge in [0.15, 0.2) is 5.78 Å². The summed E-state index contributed by atoms with van der Waals surface area (Å²) >= 11 is 0. The maximum absolute atomic E-state index is 12.5. The highest BCUT2D eigenvalue weighted by molar-refractivity contribution is 6.10. The fourth-order valence-electron chi connectivity index (χ4n) is 2.48. The number of carbonyl (C=O) groups excluding carboxylic acids is 2. The minimum Gasteiger partial charge on any atom is -0.399 e. The molecule has 20 heavy (non-hydrogen) atoms. The van der Waals surface area contributed by atoms with E-state index in [1.165, 1.54) is 0 Å². The number of carbonyl (C=O) groups is 2. The number of rotatable bonds is 2. The van der Waals surface area contributed by atoms with Crippen LogP contribution in [0.4, 0.5) is 11.4 Å². The number of aryl methyl sites for hydroxylation is 1. The van der Waals surface area contributed by atoms with E-state index in [1.54, 1.807) is 24.3 Å². The predicted octanol–water partition coefficient (Wildman–Crippen LogP) is 2.30. The smallest absolute Gasteiger partial charge is 0.228 e. The summed E-state index contributed by atoms with van der Waals surface area (Å²) in [4.78, 5) is 23.8. The summed E-state index contributed by atoms with van der Waals surface area (Å²) in [5.41, 5.74) is 10.1. The quantitative estimate of drug-likeness (QED) is 0.647. The van der Waals surface area contributed by atoms with Gasteiger partial charge in [0.1, 0.15) is 0 Å². The Balaban J connectivity index is 1.99. The molecule has 4 nitrogen and oxygen atoms in total. The van der Waals surface area contributed by atoms with Gasteiger partial charge in [-0.1, -0.05) is 0 Å². The van der Waals surface area contributed by atoms with Crippen molar-refractivity contribution in [3.63, 3.8) is 0 Å². The Kier molecular flexibility index (Phi) is 2.79. The van der Waals surface area contributed by atoms with Gasteiger partial charge in [0.05, 0.1) is 6.42 Å². The van der Waals surface area contributed by atoms with E-state index in [-0.39, 0.29) is 11.7 Å². The Bertz CT molecular complexity index is 715. The standard InChI is InChI=1S/C16H14N2O2/c1-9-4-12(7-13(17)5-9)16(20)10-2-3-14-11(6-10)8-15(19)18-14/h2-7H,8,17H2,1H3,(H,18,19). The molecule has 2 aromatic rings. The lowest BCUT2D eigenvalue weighted by atomic mass is 9.98. The number of hydrogen-bond acceptors (Lipinski definition) is 3. The van der Waals surface area contributed by atoms with Gasteiger partial charge in [-0.05, 0) is 54.4 Å². The first kappa shape index (κ1) is 12.4. The molecule has 0 unspecified atom stereocenters. The zero-order valence-electron chi connectivity index (χ0n) is 11.1. The fourth-order valence-corrected chi connectivity index (χ4v) is 2.48. The van der Waals surface area contributed by atoms with Crippen LogP contribution in [0.1, 0.15) is 27.0 Å². The van der Waals surface area contributed by atoms with Crippen molar-refractivity contribution in [1.29, 1.82) is 0 Å². The SMILES string of the molecule is Cc1cc(N)cc(C(=O)c2ccc3c(c2)CC(=O)N3)c1. The number of amides is 1. The van der Waals surface area contributed by atoms with Crippen LogP contribution in [0.2, 0.25) is 0 Å². The van der Waals surface area contributed by atoms with Gasteiger partial charge in [0.2, 0.25) is 5.91 Å². The molecule has 0 spiro atoms. The number of nitrogen functional groups attached to an aromatic ring is 1. The fraction of sp³-hybridized carbons (Fsp3) is 0.125. The van der Waals surface area contributed by atoms with Crippen molar-refractivity contribution in [2.75, 3.05) is 11.1 Å². The molecule has 0 aliphatic carbocycles. The van der Waals surface area contributed by atoms with Crippen molar-refractivity contribution < 1.29 is 9.59 Å². The van der Waals surface area contributed by atoms with E-state index in [4.69, 9.17) is 5.73 Å². The van der Waals surface area contributed by atoms with Crippen LogP contribution in [-0.2, 0) is 11.2 Å². The molecule has 0 saturated carbocycles. The van der Waals surface area contributed by atoms with Crippen LogP contribution < -0.4 is 11.1 Å². The van der Waals surface area contributed by atoms with E-state index in [0.717, 1.165) is 16.8 Å². The van der Waals surface area contributed by atoms with Crippen LogP contribution in [0, 0.1) is 6.92 Å². The van der Waals surface area contributed by atoms with Crippen LogP contribution in [0.15, 0.2) is 36.4 Å². The minimum atomic E-state index is -0.0810. The second-order valence-electron chi connectivity index (χ2n) is 5.06. The van der Waals surface area contributed by atoms with Gasteiger partial charge in [0.25, 0.3) is 0 Å². The molecule has 0 saturated heterocycles. The van der Waals surface area contributed by atoms with Crippen molar-refractivity contribution in [3.8, 4) is 0 Å². The molecule has 0 fully saturated rings. The summed E-state index contributed by atoms with van der Waals surface area (Å²) in [6.07, 6.45) is 0.326. The third kappa shape index (κ3) is 2.16. The monoisotopic (exact) mass is 266 g/mol. The Labute approximate surface area is 116 Å². The average molecular weight is 266 g/mol. The molecule has 0 bridgehead atoms. The van der Waals surface area contributed by atoms with Crippen molar-refractivity contribution in [2.24, 2.45) is 0 Å². The van der Waals surface area contributed by atoms with Crippen LogP contribution >= 0.6 is 0 Å². The van der Waals surface area contributed by atoms with Crippen LogP contribution in [0.3, 0.4) is 0 Å². The van der Waals surface area contributed by atoms with Crippen molar-refractivity contribution in [1.82, 2.24) is 0 Å². The third-order valence-electron chi connectivity index (χ3n) is 3.35. The van der Waals surface area contributed by atoms with E-state index in [1.807, 2.05) is 19.1 Å². The van der Waals surface area contributed by atoms with Gasteiger partial charge >= 0.3 is 0 Å². The molecule has 3 rings (SSSR count). The highest BCUT2D eigenvalue weighted by Gasteiger charge is 2.19. The number of ketones is 1. The summed E-state index contributed by atoms with van der Waals surface area (Å²) in [5.74, 6) is -0.119. The molecule has 3 N–H and O–H groups in total. The molecular weight excluding hydrogens is 252 g/mol. The lowest BCUT2D eigenvalue weighted by Crippen LogP contribution is -2.03. The van der Waals surface area contributed by atoms with Gasteiger partial charge in [-0.15, -0.1) is 0 Å². The molecule has 1 heterocycles. The molecule has 0 radical (unpaired) electrons. The number of hydrogen-bond donors (Lipinski definition) is 2. The number of nitrogens with one attached hydrogen (secondary N) is 1. The van der Waals surface area contributed by atoms with Gasteiger partial charge in [-0.25, -0.2) is 0 Å². The Morgan fingerprint density at radius 2 is 1.95 bits per heavy atom. The maximum atomic E-state index is 12.5. The number of anilines is 2. The maximum Gasteiger partial charge on any atom is 0.228 e. The zero-order chi connectivity index (χ0) is 14.3. The summed E-state index contributed by atoms with van der Waals surface area (Å²) in [6, 6.07) is 10.6. The van der Waals surface area contributed by atoms with Crippen molar-refractivity contribution in [2.45, 2.75) is 13.3 Å². The van der Waals surface area contributed by atoms with Gasteiger partial charge in [-0.3, -0.25) is 9.59 Å². The van der Waals surface area contributed by atoms with Crippen molar-refractivity contribution >= 4 is 23.1 Å². The Morgan fingerprint density at radius 1 is 1.15 bits per heavy atom. The van der Waals surface area contributed by atoms with E-state index in [9.17, 15) is 9.59 Å². The topological polar surface area (TPSA) is 72.2 Å². The summed E-state index contributed by atoms with van der Waals surface area (Å²) in [7, 11) is 0. The zero-order valence-corrected chi connectivity index (χ0v) is 11.1. The Morgan fingerprint density at radius 3 is 2.70 bits per heavy atom. The highest BCUT2D eigenvalue weighted by Crippen LogP contribution is 2.25. The van der Waals surface area contributed by atoms with Crippen molar-refractivity contribution in [3.05, 3.63) is 58.7 Å².